The Morgan fingerprint density at radius 3 is 2.31 bits per heavy atom. The first-order chi connectivity index (χ1) is 16.8. The van der Waals surface area contributed by atoms with Crippen LogP contribution in [0.3, 0.4) is 0 Å². The van der Waals surface area contributed by atoms with Crippen molar-refractivity contribution in [2.75, 3.05) is 31.1 Å². The Hall–Kier alpha value is -3.16. The molecule has 1 aromatic carbocycles. The summed E-state index contributed by atoms with van der Waals surface area (Å²) in [5, 5.41) is 3.01. The van der Waals surface area contributed by atoms with Crippen LogP contribution in [0.1, 0.15) is 66.7 Å². The van der Waals surface area contributed by atoms with Crippen molar-refractivity contribution in [2.45, 2.75) is 58.5 Å². The van der Waals surface area contributed by atoms with Crippen LogP contribution in [0.2, 0.25) is 0 Å². The molecule has 1 aliphatic heterocycles. The topological polar surface area (TPSA) is 74.6 Å². The molecule has 2 aromatic rings. The van der Waals surface area contributed by atoms with Gasteiger partial charge in [-0.15, -0.1) is 0 Å². The number of benzene rings is 1. The van der Waals surface area contributed by atoms with E-state index in [-0.39, 0.29) is 34.8 Å². The van der Waals surface area contributed by atoms with Crippen molar-refractivity contribution in [1.29, 1.82) is 0 Å². The van der Waals surface area contributed by atoms with Crippen molar-refractivity contribution in [3.63, 3.8) is 0 Å². The zero-order valence-electron chi connectivity index (χ0n) is 20.6. The highest BCUT2D eigenvalue weighted by atomic mass is 19.1. The molecular weight excluding hydrogens is 447 g/mol. The number of para-hydroxylation sites is 1. The van der Waals surface area contributed by atoms with Gasteiger partial charge in [0.05, 0.1) is 5.69 Å². The Morgan fingerprint density at radius 1 is 1.00 bits per heavy atom. The summed E-state index contributed by atoms with van der Waals surface area (Å²) in [6.45, 7) is 6.35. The second kappa shape index (κ2) is 11.1. The monoisotopic (exact) mass is 482 g/mol. The summed E-state index contributed by atoms with van der Waals surface area (Å²) in [5.74, 6) is -0.800. The number of piperazine rings is 1. The van der Waals surface area contributed by atoms with E-state index in [2.05, 4.69) is 5.32 Å². The molecule has 1 N–H and O–H groups in total. The Kier molecular flexibility index (Phi) is 7.88. The molecule has 0 spiro atoms. The van der Waals surface area contributed by atoms with Gasteiger partial charge in [0.15, 0.2) is 0 Å². The van der Waals surface area contributed by atoms with Crippen LogP contribution < -0.4 is 15.6 Å². The molecule has 2 heterocycles. The number of hydrogen-bond donors (Lipinski definition) is 1. The minimum atomic E-state index is -0.528. The van der Waals surface area contributed by atoms with Crippen molar-refractivity contribution in [1.82, 2.24) is 14.8 Å². The number of carbonyl (C=O) groups excluding carboxylic acids is 2. The highest BCUT2D eigenvalue weighted by molar-refractivity contribution is 5.99. The number of anilines is 1. The third-order valence-electron chi connectivity index (χ3n) is 6.83. The van der Waals surface area contributed by atoms with E-state index in [4.69, 9.17) is 0 Å². The smallest absolute Gasteiger partial charge is 0.259 e. The maximum atomic E-state index is 14.2. The molecule has 0 radical (unpaired) electrons. The highest BCUT2D eigenvalue weighted by Gasteiger charge is 2.28. The van der Waals surface area contributed by atoms with Gasteiger partial charge in [0.1, 0.15) is 16.9 Å². The Bertz CT molecular complexity index is 1120. The van der Waals surface area contributed by atoms with Gasteiger partial charge in [0.25, 0.3) is 11.8 Å². The molecule has 1 aliphatic carbocycles. The molecule has 1 aromatic heterocycles. The van der Waals surface area contributed by atoms with Crippen LogP contribution in [0.25, 0.3) is 0 Å². The van der Waals surface area contributed by atoms with Crippen molar-refractivity contribution in [3.8, 4) is 0 Å². The molecule has 8 heteroatoms. The van der Waals surface area contributed by atoms with E-state index in [0.717, 1.165) is 25.7 Å². The Labute approximate surface area is 205 Å². The summed E-state index contributed by atoms with van der Waals surface area (Å²) in [5.41, 5.74) is 0.0217. The van der Waals surface area contributed by atoms with E-state index >= 15 is 0 Å². The minimum absolute atomic E-state index is 0.0151. The fraction of sp³-hybridized carbons (Fsp3) is 0.519. The standard InChI is InChI=1S/C27H35FN4O3/c1-19(2)16-30-17-21(26(34)29-20-8-4-3-5-9-20)25(33)22(18-30)27(35)32-14-12-31(13-15-32)24-11-7-6-10-23(24)28/h6-7,10-11,17-20H,3-5,8-9,12-16H2,1-2H3,(H,29,34). The lowest BCUT2D eigenvalue weighted by molar-refractivity contribution is 0.0744. The normalized spacial score (nSPS) is 17.0. The average molecular weight is 483 g/mol. The zero-order valence-corrected chi connectivity index (χ0v) is 20.6. The predicted octanol–water partition coefficient (Wildman–Crippen LogP) is 3.67. The summed E-state index contributed by atoms with van der Waals surface area (Å²) in [4.78, 5) is 43.3. The largest absolute Gasteiger partial charge is 0.366 e. The lowest BCUT2D eigenvalue weighted by Crippen LogP contribution is -2.50. The van der Waals surface area contributed by atoms with E-state index in [1.165, 1.54) is 12.5 Å². The fourth-order valence-electron chi connectivity index (χ4n) is 5.01. The first-order valence-electron chi connectivity index (χ1n) is 12.7. The van der Waals surface area contributed by atoms with Gasteiger partial charge in [-0.2, -0.15) is 0 Å². The van der Waals surface area contributed by atoms with Crippen molar-refractivity contribution in [3.05, 3.63) is 63.8 Å². The van der Waals surface area contributed by atoms with Gasteiger partial charge in [-0.05, 0) is 30.9 Å². The van der Waals surface area contributed by atoms with Crippen LogP contribution in [0.15, 0.2) is 41.5 Å². The van der Waals surface area contributed by atoms with Crippen molar-refractivity contribution < 1.29 is 14.0 Å². The molecule has 2 aliphatic rings. The zero-order chi connectivity index (χ0) is 24.9. The van der Waals surface area contributed by atoms with Crippen LogP contribution in [0.4, 0.5) is 10.1 Å². The number of nitrogens with one attached hydrogen (secondary N) is 1. The number of rotatable bonds is 6. The van der Waals surface area contributed by atoms with Gasteiger partial charge in [0.2, 0.25) is 5.43 Å². The summed E-state index contributed by atoms with van der Waals surface area (Å²) in [6, 6.07) is 6.66. The minimum Gasteiger partial charge on any atom is -0.366 e. The van der Waals surface area contributed by atoms with Gasteiger partial charge < -0.3 is 19.7 Å². The van der Waals surface area contributed by atoms with Gasteiger partial charge in [0, 0.05) is 51.2 Å². The number of hydrogen-bond acceptors (Lipinski definition) is 4. The molecular formula is C27H35FN4O3. The molecule has 0 unspecified atom stereocenters. The van der Waals surface area contributed by atoms with Crippen LogP contribution in [0, 0.1) is 11.7 Å². The van der Waals surface area contributed by atoms with E-state index in [9.17, 15) is 18.8 Å². The fourth-order valence-corrected chi connectivity index (χ4v) is 5.01. The quantitative estimate of drug-likeness (QED) is 0.682. The van der Waals surface area contributed by atoms with Crippen molar-refractivity contribution in [2.24, 2.45) is 5.92 Å². The Morgan fingerprint density at radius 2 is 1.66 bits per heavy atom. The third-order valence-corrected chi connectivity index (χ3v) is 6.83. The molecule has 4 rings (SSSR count). The first kappa shape index (κ1) is 24.9. The highest BCUT2D eigenvalue weighted by Crippen LogP contribution is 2.21. The van der Waals surface area contributed by atoms with E-state index in [1.807, 2.05) is 18.7 Å². The van der Waals surface area contributed by atoms with Crippen LogP contribution >= 0.6 is 0 Å². The number of nitrogens with zero attached hydrogens (tertiary/aromatic N) is 3. The molecule has 7 nitrogen and oxygen atoms in total. The molecule has 1 saturated heterocycles. The number of aromatic nitrogens is 1. The molecule has 0 atom stereocenters. The molecule has 2 fully saturated rings. The number of halogens is 1. The summed E-state index contributed by atoms with van der Waals surface area (Å²) >= 11 is 0. The van der Waals surface area contributed by atoms with Crippen LogP contribution in [-0.2, 0) is 6.54 Å². The van der Waals surface area contributed by atoms with Crippen LogP contribution in [0.5, 0.6) is 0 Å². The average Bonchev–Trinajstić information content (AvgIpc) is 2.85. The van der Waals surface area contributed by atoms with Crippen molar-refractivity contribution >= 4 is 17.5 Å². The maximum absolute atomic E-state index is 14.2. The second-order valence-electron chi connectivity index (χ2n) is 10.0. The first-order valence-corrected chi connectivity index (χ1v) is 12.7. The number of carbonyl (C=O) groups is 2. The molecule has 0 bridgehead atoms. The SMILES string of the molecule is CC(C)Cn1cc(C(=O)NC2CCCCC2)c(=O)c(C(=O)N2CCN(c3ccccc3F)CC2)c1. The van der Waals surface area contributed by atoms with E-state index in [0.29, 0.717) is 38.4 Å². The van der Waals surface area contributed by atoms with Gasteiger partial charge in [-0.25, -0.2) is 4.39 Å². The molecule has 188 valence electrons. The third kappa shape index (κ3) is 5.92. The predicted molar refractivity (Wildman–Crippen MR) is 134 cm³/mol. The van der Waals surface area contributed by atoms with Gasteiger partial charge in [-0.1, -0.05) is 45.2 Å². The molecule has 1 saturated carbocycles. The van der Waals surface area contributed by atoms with Crippen LogP contribution in [-0.4, -0.2) is 53.5 Å². The van der Waals surface area contributed by atoms with E-state index < -0.39 is 11.3 Å². The number of amides is 2. The molecule has 2 amide bonds. The van der Waals surface area contributed by atoms with Gasteiger partial charge in [-0.3, -0.25) is 14.4 Å². The van der Waals surface area contributed by atoms with E-state index in [1.54, 1.807) is 40.1 Å². The molecule has 35 heavy (non-hydrogen) atoms. The second-order valence-corrected chi connectivity index (χ2v) is 10.0. The lowest BCUT2D eigenvalue weighted by atomic mass is 9.95. The number of pyridine rings is 1. The summed E-state index contributed by atoms with van der Waals surface area (Å²) in [6.07, 6.45) is 8.29. The Balaban J connectivity index is 1.54. The summed E-state index contributed by atoms with van der Waals surface area (Å²) in [7, 11) is 0. The van der Waals surface area contributed by atoms with Gasteiger partial charge >= 0.3 is 0 Å². The lowest BCUT2D eigenvalue weighted by Gasteiger charge is -2.36. The maximum Gasteiger partial charge on any atom is 0.259 e. The summed E-state index contributed by atoms with van der Waals surface area (Å²) < 4.78 is 16.0.